The molecule has 0 spiro atoms. The number of carbonyl (C=O) groups is 1. The average molecular weight is 343 g/mol. The zero-order valence-corrected chi connectivity index (χ0v) is 15.3. The molecule has 2 heterocycles. The minimum Gasteiger partial charge on any atom is -0.377 e. The van der Waals surface area contributed by atoms with Crippen molar-refractivity contribution >= 4 is 6.03 Å². The lowest BCUT2D eigenvalue weighted by atomic mass is 9.57. The van der Waals surface area contributed by atoms with Crippen LogP contribution in [0.4, 0.5) is 4.79 Å². The van der Waals surface area contributed by atoms with Gasteiger partial charge in [-0.1, -0.05) is 38.1 Å². The van der Waals surface area contributed by atoms with Crippen molar-refractivity contribution in [2.45, 2.75) is 45.4 Å². The molecule has 3 atom stereocenters. The molecule has 0 aromatic heterocycles. The van der Waals surface area contributed by atoms with Gasteiger partial charge in [-0.15, -0.1) is 0 Å². The van der Waals surface area contributed by atoms with E-state index >= 15 is 0 Å². The zero-order chi connectivity index (χ0) is 17.4. The fourth-order valence-electron chi connectivity index (χ4n) is 4.88. The van der Waals surface area contributed by atoms with Gasteiger partial charge < -0.3 is 15.4 Å². The molecule has 0 radical (unpaired) electrons. The van der Waals surface area contributed by atoms with Gasteiger partial charge in [0.15, 0.2) is 0 Å². The number of nitrogens with one attached hydrogen (secondary N) is 2. The van der Waals surface area contributed by atoms with E-state index < -0.39 is 0 Å². The first kappa shape index (κ1) is 16.9. The fraction of sp³-hybridized carbons (Fsp3) is 0.650. The molecule has 2 aliphatic heterocycles. The lowest BCUT2D eigenvalue weighted by Crippen LogP contribution is -2.67. The van der Waals surface area contributed by atoms with E-state index in [0.29, 0.717) is 18.6 Å². The Bertz CT molecular complexity index is 646. The highest BCUT2D eigenvalue weighted by atomic mass is 16.5. The van der Waals surface area contributed by atoms with E-state index in [9.17, 15) is 4.79 Å². The summed E-state index contributed by atoms with van der Waals surface area (Å²) in [6.45, 7) is 8.84. The summed E-state index contributed by atoms with van der Waals surface area (Å²) in [5.74, 6) is 0.486. The van der Waals surface area contributed by atoms with Crippen molar-refractivity contribution in [2.24, 2.45) is 11.3 Å². The third kappa shape index (κ3) is 3.15. The van der Waals surface area contributed by atoms with E-state index in [1.54, 1.807) is 0 Å². The van der Waals surface area contributed by atoms with Crippen LogP contribution < -0.4 is 10.6 Å². The number of nitrogens with zero attached hydrogens (tertiary/aromatic N) is 1. The second-order valence-electron chi connectivity index (χ2n) is 8.24. The molecule has 5 nitrogen and oxygen atoms in total. The summed E-state index contributed by atoms with van der Waals surface area (Å²) in [5, 5.41) is 6.22. The smallest absolute Gasteiger partial charge is 0.315 e. The Morgan fingerprint density at radius 1 is 1.32 bits per heavy atom. The topological polar surface area (TPSA) is 53.6 Å². The monoisotopic (exact) mass is 343 g/mol. The van der Waals surface area contributed by atoms with Crippen LogP contribution in [-0.2, 0) is 17.7 Å². The van der Waals surface area contributed by atoms with Gasteiger partial charge in [-0.2, -0.15) is 0 Å². The molecule has 2 fully saturated rings. The van der Waals surface area contributed by atoms with Crippen molar-refractivity contribution in [3.8, 4) is 0 Å². The largest absolute Gasteiger partial charge is 0.377 e. The molecule has 0 bridgehead atoms. The quantitative estimate of drug-likeness (QED) is 0.881. The van der Waals surface area contributed by atoms with Gasteiger partial charge in [0.25, 0.3) is 0 Å². The van der Waals surface area contributed by atoms with Gasteiger partial charge in [-0.3, -0.25) is 4.90 Å². The first-order chi connectivity index (χ1) is 12.1. The molecule has 25 heavy (non-hydrogen) atoms. The molecule has 5 heteroatoms. The second kappa shape index (κ2) is 6.61. The standard InChI is InChI=1S/C20H29N3O2/c1-20(2)17(16-8-12-25-18(16)20)22-19(24)21-9-11-23-10-7-14-5-3-4-6-15(14)13-23/h3-6,16-18H,7-13H2,1-2H3,(H2,21,22,24)/t16-,17+,18-/m0/s1. The van der Waals surface area contributed by atoms with Crippen molar-refractivity contribution in [3.05, 3.63) is 35.4 Å². The van der Waals surface area contributed by atoms with Crippen molar-refractivity contribution in [2.75, 3.05) is 26.2 Å². The molecule has 2 amide bonds. The number of rotatable bonds is 4. The molecule has 1 saturated carbocycles. The van der Waals surface area contributed by atoms with Crippen LogP contribution in [0.2, 0.25) is 0 Å². The second-order valence-corrected chi connectivity index (χ2v) is 8.24. The lowest BCUT2D eigenvalue weighted by Gasteiger charge is -2.54. The molecule has 2 N–H and O–H groups in total. The maximum Gasteiger partial charge on any atom is 0.315 e. The molecular weight excluding hydrogens is 314 g/mol. The van der Waals surface area contributed by atoms with E-state index in [0.717, 1.165) is 39.1 Å². The predicted octanol–water partition coefficient (Wildman–Crippen LogP) is 2.16. The summed E-state index contributed by atoms with van der Waals surface area (Å²) in [6.07, 6.45) is 2.47. The Morgan fingerprint density at radius 3 is 2.96 bits per heavy atom. The number of amides is 2. The summed E-state index contributed by atoms with van der Waals surface area (Å²) >= 11 is 0. The number of carbonyl (C=O) groups excluding carboxylic acids is 1. The third-order valence-corrected chi connectivity index (χ3v) is 6.31. The maximum absolute atomic E-state index is 12.3. The summed E-state index contributed by atoms with van der Waals surface area (Å²) < 4.78 is 5.79. The Labute approximate surface area is 150 Å². The van der Waals surface area contributed by atoms with E-state index in [4.69, 9.17) is 4.74 Å². The minimum atomic E-state index is -0.0409. The Balaban J connectivity index is 1.21. The minimum absolute atomic E-state index is 0.0368. The number of urea groups is 1. The Kier molecular flexibility index (Phi) is 4.46. The highest BCUT2D eigenvalue weighted by Crippen LogP contribution is 2.52. The highest BCUT2D eigenvalue weighted by Gasteiger charge is 2.59. The predicted molar refractivity (Wildman–Crippen MR) is 97.4 cm³/mol. The number of hydrogen-bond acceptors (Lipinski definition) is 3. The Morgan fingerprint density at radius 2 is 2.12 bits per heavy atom. The summed E-state index contributed by atoms with van der Waals surface area (Å²) in [6, 6.07) is 8.83. The van der Waals surface area contributed by atoms with Crippen LogP contribution in [-0.4, -0.2) is 49.3 Å². The van der Waals surface area contributed by atoms with Crippen LogP contribution in [0, 0.1) is 11.3 Å². The number of ether oxygens (including phenoxy) is 1. The Hall–Kier alpha value is -1.59. The number of fused-ring (bicyclic) bond motifs is 2. The average Bonchev–Trinajstić information content (AvgIpc) is 3.07. The van der Waals surface area contributed by atoms with E-state index in [1.807, 2.05) is 0 Å². The third-order valence-electron chi connectivity index (χ3n) is 6.31. The van der Waals surface area contributed by atoms with Crippen molar-refractivity contribution in [1.29, 1.82) is 0 Å². The van der Waals surface area contributed by atoms with Gasteiger partial charge in [0.05, 0.1) is 6.10 Å². The SMILES string of the molecule is CC1(C)[C@H](NC(=O)NCCN2CCc3ccccc3C2)[C@@H]2CCO[C@@H]21. The highest BCUT2D eigenvalue weighted by molar-refractivity contribution is 5.74. The molecule has 1 aliphatic carbocycles. The van der Waals surface area contributed by atoms with Gasteiger partial charge in [-0.25, -0.2) is 4.79 Å². The molecule has 1 aromatic rings. The van der Waals surface area contributed by atoms with E-state index in [-0.39, 0.29) is 17.5 Å². The van der Waals surface area contributed by atoms with Crippen LogP contribution in [0.5, 0.6) is 0 Å². The van der Waals surface area contributed by atoms with Gasteiger partial charge in [-0.05, 0) is 24.0 Å². The molecule has 1 aromatic carbocycles. The maximum atomic E-state index is 12.3. The first-order valence-corrected chi connectivity index (χ1v) is 9.51. The number of hydrogen-bond donors (Lipinski definition) is 2. The van der Waals surface area contributed by atoms with Gasteiger partial charge >= 0.3 is 6.03 Å². The van der Waals surface area contributed by atoms with E-state index in [1.165, 1.54) is 11.1 Å². The normalized spacial score (nSPS) is 30.1. The van der Waals surface area contributed by atoms with E-state index in [2.05, 4.69) is 53.6 Å². The zero-order valence-electron chi connectivity index (χ0n) is 15.3. The fourth-order valence-corrected chi connectivity index (χ4v) is 4.88. The van der Waals surface area contributed by atoms with Crippen LogP contribution in [0.1, 0.15) is 31.4 Å². The lowest BCUT2D eigenvalue weighted by molar-refractivity contribution is -0.108. The van der Waals surface area contributed by atoms with Crippen LogP contribution in [0.25, 0.3) is 0 Å². The number of benzene rings is 1. The summed E-state index contributed by atoms with van der Waals surface area (Å²) in [7, 11) is 0. The molecule has 4 rings (SSSR count). The molecular formula is C20H29N3O2. The van der Waals surface area contributed by atoms with Crippen molar-refractivity contribution in [1.82, 2.24) is 15.5 Å². The van der Waals surface area contributed by atoms with Crippen molar-refractivity contribution in [3.63, 3.8) is 0 Å². The van der Waals surface area contributed by atoms with Gasteiger partial charge in [0, 0.05) is 50.2 Å². The molecule has 136 valence electrons. The van der Waals surface area contributed by atoms with Crippen molar-refractivity contribution < 1.29 is 9.53 Å². The molecule has 3 aliphatic rings. The first-order valence-electron chi connectivity index (χ1n) is 9.51. The van der Waals surface area contributed by atoms with Crippen LogP contribution in [0.3, 0.4) is 0 Å². The summed E-state index contributed by atoms with van der Waals surface area (Å²) in [5.41, 5.74) is 2.92. The van der Waals surface area contributed by atoms with Crippen LogP contribution >= 0.6 is 0 Å². The van der Waals surface area contributed by atoms with Gasteiger partial charge in [0.1, 0.15) is 0 Å². The van der Waals surface area contributed by atoms with Crippen LogP contribution in [0.15, 0.2) is 24.3 Å². The van der Waals surface area contributed by atoms with Gasteiger partial charge in [0.2, 0.25) is 0 Å². The summed E-state index contributed by atoms with van der Waals surface area (Å²) in [4.78, 5) is 14.7. The molecule has 0 unspecified atom stereocenters. The molecule has 1 saturated heterocycles.